The Morgan fingerprint density at radius 2 is 1.46 bits per heavy atom. The van der Waals surface area contributed by atoms with E-state index in [0.717, 1.165) is 5.56 Å². The summed E-state index contributed by atoms with van der Waals surface area (Å²) >= 11 is 0. The summed E-state index contributed by atoms with van der Waals surface area (Å²) in [5.41, 5.74) is 1.97. The van der Waals surface area contributed by atoms with Gasteiger partial charge in [0, 0.05) is 5.56 Å². The maximum absolute atomic E-state index is 12.7. The van der Waals surface area contributed by atoms with E-state index in [1.54, 1.807) is 36.4 Å². The van der Waals surface area contributed by atoms with E-state index < -0.39 is 10.0 Å². The zero-order valence-corrected chi connectivity index (χ0v) is 14.8. The van der Waals surface area contributed by atoms with Crippen molar-refractivity contribution in [3.63, 3.8) is 0 Å². The first kappa shape index (κ1) is 17.7. The van der Waals surface area contributed by atoms with Crippen molar-refractivity contribution in [2.24, 2.45) is 9.39 Å². The number of nitrogens with zero attached hydrogens (tertiary/aromatic N) is 2. The number of sulfonamides is 1. The number of ketones is 1. The first-order valence-electron chi connectivity index (χ1n) is 7.90. The van der Waals surface area contributed by atoms with Crippen molar-refractivity contribution >= 4 is 27.4 Å². The molecule has 0 amide bonds. The second kappa shape index (κ2) is 7.41. The zero-order valence-electron chi connectivity index (χ0n) is 14.0. The lowest BCUT2D eigenvalue weighted by molar-refractivity contribution is -0.110. The normalized spacial score (nSPS) is 14.6. The van der Waals surface area contributed by atoms with Gasteiger partial charge in [0.15, 0.2) is 11.6 Å². The van der Waals surface area contributed by atoms with Gasteiger partial charge in [-0.3, -0.25) is 4.79 Å². The van der Waals surface area contributed by atoms with Gasteiger partial charge in [-0.25, -0.2) is 4.99 Å². The number of benzene rings is 2. The highest BCUT2D eigenvalue weighted by molar-refractivity contribution is 7.90. The van der Waals surface area contributed by atoms with Gasteiger partial charge in [0.25, 0.3) is 10.0 Å². The average Bonchev–Trinajstić information content (AvgIpc) is 2.64. The average molecular weight is 364 g/mol. The minimum Gasteiger partial charge on any atom is -0.290 e. The smallest absolute Gasteiger partial charge is 0.284 e. The zero-order chi connectivity index (χ0) is 18.6. The third-order valence-electron chi connectivity index (χ3n) is 3.63. The Labute approximate surface area is 152 Å². The molecule has 0 radical (unpaired) electrons. The molecule has 6 heteroatoms. The highest BCUT2D eigenvalue weighted by atomic mass is 32.2. The number of carbonyl (C=O) groups is 1. The number of hydrogen-bond donors (Lipinski definition) is 0. The van der Waals surface area contributed by atoms with Crippen molar-refractivity contribution in [1.82, 2.24) is 0 Å². The number of allylic oxidation sites excluding steroid dienone is 4. The molecule has 3 rings (SSSR count). The van der Waals surface area contributed by atoms with Gasteiger partial charge in [-0.15, -0.1) is 4.40 Å². The van der Waals surface area contributed by atoms with Crippen molar-refractivity contribution in [2.75, 3.05) is 0 Å². The van der Waals surface area contributed by atoms with E-state index in [0.29, 0.717) is 11.3 Å². The summed E-state index contributed by atoms with van der Waals surface area (Å²) in [6.45, 7) is 1.88. The molecule has 1 aliphatic rings. The van der Waals surface area contributed by atoms with Crippen LogP contribution in [0.15, 0.2) is 93.2 Å². The van der Waals surface area contributed by atoms with Crippen LogP contribution in [0.1, 0.15) is 11.1 Å². The second-order valence-electron chi connectivity index (χ2n) is 5.67. The Morgan fingerprint density at radius 3 is 2.08 bits per heavy atom. The molecule has 26 heavy (non-hydrogen) atoms. The molecule has 0 N–H and O–H groups in total. The summed E-state index contributed by atoms with van der Waals surface area (Å²) in [4.78, 5) is 15.7. The number of aryl methyl sites for hydroxylation is 1. The van der Waals surface area contributed by atoms with Crippen LogP contribution in [0.2, 0.25) is 0 Å². The fourth-order valence-corrected chi connectivity index (χ4v) is 3.20. The van der Waals surface area contributed by atoms with Gasteiger partial charge in [-0.05, 0) is 43.4 Å². The summed E-state index contributed by atoms with van der Waals surface area (Å²) in [5.74, 6) is -0.0840. The monoisotopic (exact) mass is 364 g/mol. The molecule has 0 aromatic heterocycles. The lowest BCUT2D eigenvalue weighted by Gasteiger charge is -2.05. The number of carbonyl (C=O) groups excluding carboxylic acids is 1. The molecule has 0 spiro atoms. The van der Waals surface area contributed by atoms with E-state index in [-0.39, 0.29) is 16.5 Å². The minimum absolute atomic E-state index is 0.0600. The molecule has 2 aromatic rings. The summed E-state index contributed by atoms with van der Waals surface area (Å²) in [6.07, 6.45) is 5.80. The molecule has 0 fully saturated rings. The van der Waals surface area contributed by atoms with Crippen molar-refractivity contribution in [3.05, 3.63) is 90.0 Å². The van der Waals surface area contributed by atoms with E-state index in [2.05, 4.69) is 9.39 Å². The van der Waals surface area contributed by atoms with Gasteiger partial charge in [0.1, 0.15) is 0 Å². The number of aliphatic imine (C=N–C) groups is 1. The Kier molecular flexibility index (Phi) is 5.04. The number of amidine groups is 1. The summed E-state index contributed by atoms with van der Waals surface area (Å²) < 4.78 is 29.3. The highest BCUT2D eigenvalue weighted by Crippen LogP contribution is 2.16. The van der Waals surface area contributed by atoms with Crippen molar-refractivity contribution < 1.29 is 13.2 Å². The lowest BCUT2D eigenvalue weighted by atomic mass is 10.1. The molecule has 0 aliphatic heterocycles. The van der Waals surface area contributed by atoms with E-state index in [1.165, 1.54) is 36.4 Å². The van der Waals surface area contributed by atoms with E-state index in [4.69, 9.17) is 0 Å². The molecule has 0 atom stereocenters. The quantitative estimate of drug-likeness (QED) is 0.476. The molecule has 0 saturated heterocycles. The van der Waals surface area contributed by atoms with Gasteiger partial charge in [-0.1, -0.05) is 48.0 Å². The van der Waals surface area contributed by atoms with Crippen LogP contribution in [0.4, 0.5) is 0 Å². The molecule has 0 unspecified atom stereocenters. The molecular formula is C20H16N2O3S. The van der Waals surface area contributed by atoms with E-state index in [9.17, 15) is 13.2 Å². The maximum Gasteiger partial charge on any atom is 0.284 e. The fraction of sp³-hybridized carbons (Fsp3) is 0.0500. The lowest BCUT2D eigenvalue weighted by Crippen LogP contribution is -2.08. The van der Waals surface area contributed by atoms with Gasteiger partial charge in [0.05, 0.1) is 10.6 Å². The molecule has 1 aliphatic carbocycles. The predicted octanol–water partition coefficient (Wildman–Crippen LogP) is 3.27. The van der Waals surface area contributed by atoms with Crippen LogP contribution in [-0.4, -0.2) is 25.7 Å². The Morgan fingerprint density at radius 1 is 0.846 bits per heavy atom. The van der Waals surface area contributed by atoms with E-state index >= 15 is 0 Å². The summed E-state index contributed by atoms with van der Waals surface area (Å²) in [6, 6.07) is 15.3. The molecule has 0 heterocycles. The summed E-state index contributed by atoms with van der Waals surface area (Å²) in [7, 11) is -3.92. The van der Waals surface area contributed by atoms with Crippen LogP contribution in [-0.2, 0) is 14.8 Å². The van der Waals surface area contributed by atoms with Crippen LogP contribution in [0, 0.1) is 6.92 Å². The topological polar surface area (TPSA) is 75.9 Å². The third-order valence-corrected chi connectivity index (χ3v) is 4.91. The van der Waals surface area contributed by atoms with Crippen LogP contribution < -0.4 is 0 Å². The standard InChI is InChI=1S/C20H16N2O3S/c1-15-7-13-19(14-8-15)26(24,25)22-20(16-5-3-2-4-6-16)21-17-9-11-18(23)12-10-17/h2-14H,1H3. The highest BCUT2D eigenvalue weighted by Gasteiger charge is 2.15. The molecule has 130 valence electrons. The van der Waals surface area contributed by atoms with Crippen molar-refractivity contribution in [2.45, 2.75) is 11.8 Å². The molecule has 0 saturated carbocycles. The fourth-order valence-electron chi connectivity index (χ4n) is 2.24. The largest absolute Gasteiger partial charge is 0.290 e. The van der Waals surface area contributed by atoms with Gasteiger partial charge >= 0.3 is 0 Å². The van der Waals surface area contributed by atoms with Crippen molar-refractivity contribution in [1.29, 1.82) is 0 Å². The van der Waals surface area contributed by atoms with Gasteiger partial charge in [-0.2, -0.15) is 8.42 Å². The van der Waals surface area contributed by atoms with Crippen molar-refractivity contribution in [3.8, 4) is 0 Å². The molecular weight excluding hydrogens is 348 g/mol. The number of hydrogen-bond acceptors (Lipinski definition) is 3. The maximum atomic E-state index is 12.7. The number of rotatable bonds is 3. The Balaban J connectivity index is 2.09. The third kappa shape index (κ3) is 4.29. The van der Waals surface area contributed by atoms with Crippen LogP contribution in [0.25, 0.3) is 0 Å². The molecule has 2 aromatic carbocycles. The Hall–Kier alpha value is -3.12. The van der Waals surface area contributed by atoms with Gasteiger partial charge in [0.2, 0.25) is 0 Å². The first-order valence-corrected chi connectivity index (χ1v) is 9.34. The second-order valence-corrected chi connectivity index (χ2v) is 7.28. The minimum atomic E-state index is -3.92. The molecule has 5 nitrogen and oxygen atoms in total. The predicted molar refractivity (Wildman–Crippen MR) is 102 cm³/mol. The van der Waals surface area contributed by atoms with Crippen LogP contribution in [0.3, 0.4) is 0 Å². The van der Waals surface area contributed by atoms with E-state index in [1.807, 2.05) is 13.0 Å². The van der Waals surface area contributed by atoms with Crippen LogP contribution >= 0.6 is 0 Å². The SMILES string of the molecule is Cc1ccc(S(=O)(=O)N=C(N=C2C=CC(=O)C=C2)c2ccccc2)cc1. The first-order chi connectivity index (χ1) is 12.4. The van der Waals surface area contributed by atoms with Gasteiger partial charge < -0.3 is 0 Å². The summed E-state index contributed by atoms with van der Waals surface area (Å²) in [5, 5.41) is 0. The Bertz CT molecular complexity index is 1030. The molecule has 0 bridgehead atoms. The van der Waals surface area contributed by atoms with Crippen LogP contribution in [0.5, 0.6) is 0 Å².